The van der Waals surface area contributed by atoms with Crippen LogP contribution in [0.3, 0.4) is 0 Å². The molecule has 8 nitrogen and oxygen atoms in total. The molecule has 0 atom stereocenters. The highest BCUT2D eigenvalue weighted by molar-refractivity contribution is 7.89. The van der Waals surface area contributed by atoms with Gasteiger partial charge in [0.15, 0.2) is 0 Å². The number of fused-ring (bicyclic) bond motifs is 1. The summed E-state index contributed by atoms with van der Waals surface area (Å²) in [5.74, 6) is 0.663. The summed E-state index contributed by atoms with van der Waals surface area (Å²) in [7, 11) is -4.29. The van der Waals surface area contributed by atoms with E-state index in [9.17, 15) is 21.6 Å². The third-order valence-electron chi connectivity index (χ3n) is 4.26. The summed E-state index contributed by atoms with van der Waals surface area (Å²) < 4.78 is 72.8. The van der Waals surface area contributed by atoms with Gasteiger partial charge in [-0.2, -0.15) is 32.1 Å². The van der Waals surface area contributed by atoms with E-state index in [2.05, 4.69) is 15.1 Å². The number of rotatable bonds is 4. The summed E-state index contributed by atoms with van der Waals surface area (Å²) in [6.45, 7) is 1.59. The number of aromatic nitrogens is 4. The molecular weight excluding hydrogens is 399 g/mol. The fourth-order valence-electron chi connectivity index (χ4n) is 2.89. The van der Waals surface area contributed by atoms with Gasteiger partial charge in [0, 0.05) is 11.8 Å². The van der Waals surface area contributed by atoms with E-state index >= 15 is 0 Å². The van der Waals surface area contributed by atoms with Gasteiger partial charge in [-0.3, -0.25) is 0 Å². The Bertz CT molecular complexity index is 1140. The Hall–Kier alpha value is -2.73. The molecule has 1 fully saturated rings. The van der Waals surface area contributed by atoms with Crippen LogP contribution in [0, 0.1) is 6.92 Å². The third-order valence-corrected chi connectivity index (χ3v) is 6.15. The molecule has 3 aromatic rings. The fourth-order valence-corrected chi connectivity index (χ4v) is 4.60. The quantitative estimate of drug-likeness (QED) is 0.649. The molecule has 0 saturated carbocycles. The lowest BCUT2D eigenvalue weighted by Crippen LogP contribution is -2.56. The molecule has 28 heavy (non-hydrogen) atoms. The SMILES string of the molecule is Cc1cc(OC2CN(S(=O)(=O)c3ccccc3C(F)(F)F)C2)n2ncnc2n1. The van der Waals surface area contributed by atoms with Gasteiger partial charge in [-0.05, 0) is 19.1 Å². The fraction of sp³-hybridized carbons (Fsp3) is 0.312. The standard InChI is InChI=1S/C16H14F3N5O3S/c1-10-6-14(24-15(22-10)20-9-21-24)27-11-7-23(8-11)28(25,26)13-5-3-2-4-12(13)16(17,18)19/h2-6,9,11H,7-8H2,1H3. The summed E-state index contributed by atoms with van der Waals surface area (Å²) in [5.41, 5.74) is -0.549. The number of hydrogen-bond donors (Lipinski definition) is 0. The highest BCUT2D eigenvalue weighted by Gasteiger charge is 2.43. The molecule has 0 amide bonds. The second kappa shape index (κ2) is 6.41. The van der Waals surface area contributed by atoms with Crippen LogP contribution in [0.1, 0.15) is 11.3 Å². The maximum atomic E-state index is 13.2. The summed E-state index contributed by atoms with van der Waals surface area (Å²) >= 11 is 0. The lowest BCUT2D eigenvalue weighted by Gasteiger charge is -2.38. The van der Waals surface area contributed by atoms with Gasteiger partial charge in [-0.15, -0.1) is 0 Å². The average molecular weight is 413 g/mol. The topological polar surface area (TPSA) is 89.7 Å². The van der Waals surface area contributed by atoms with E-state index < -0.39 is 32.8 Å². The molecule has 0 aliphatic carbocycles. The molecule has 1 aliphatic rings. The summed E-state index contributed by atoms with van der Waals surface area (Å²) in [4.78, 5) is 7.37. The molecule has 2 aromatic heterocycles. The first kappa shape index (κ1) is 18.6. The number of halogens is 3. The van der Waals surface area contributed by atoms with Crippen LogP contribution in [-0.4, -0.2) is 51.5 Å². The number of alkyl halides is 3. The number of aryl methyl sites for hydroxylation is 1. The van der Waals surface area contributed by atoms with Crippen molar-refractivity contribution in [1.82, 2.24) is 23.9 Å². The smallest absolute Gasteiger partial charge is 0.417 e. The number of ether oxygens (including phenoxy) is 1. The van der Waals surface area contributed by atoms with Crippen molar-refractivity contribution in [3.05, 3.63) is 47.9 Å². The Morgan fingerprint density at radius 1 is 1.21 bits per heavy atom. The van der Waals surface area contributed by atoms with Crippen molar-refractivity contribution in [3.8, 4) is 5.88 Å². The molecule has 148 valence electrons. The normalized spacial score (nSPS) is 16.3. The predicted octanol–water partition coefficient (Wildman–Crippen LogP) is 1.90. The lowest BCUT2D eigenvalue weighted by atomic mass is 10.2. The average Bonchev–Trinajstić information content (AvgIpc) is 3.05. The van der Waals surface area contributed by atoms with E-state index in [0.717, 1.165) is 22.5 Å². The maximum absolute atomic E-state index is 13.2. The molecule has 12 heteroatoms. The van der Waals surface area contributed by atoms with Gasteiger partial charge < -0.3 is 4.74 Å². The van der Waals surface area contributed by atoms with Gasteiger partial charge in [0.2, 0.25) is 15.9 Å². The second-order valence-corrected chi connectivity index (χ2v) is 8.17. The van der Waals surface area contributed by atoms with Gasteiger partial charge >= 0.3 is 6.18 Å². The second-order valence-electron chi connectivity index (χ2n) is 6.26. The van der Waals surface area contributed by atoms with E-state index in [4.69, 9.17) is 4.74 Å². The molecule has 3 heterocycles. The zero-order chi connectivity index (χ0) is 20.1. The molecule has 4 rings (SSSR count). The van der Waals surface area contributed by atoms with Gasteiger partial charge in [0.1, 0.15) is 12.4 Å². The minimum atomic E-state index is -4.77. The van der Waals surface area contributed by atoms with Crippen molar-refractivity contribution in [3.63, 3.8) is 0 Å². The van der Waals surface area contributed by atoms with E-state index in [1.807, 2.05) is 0 Å². The Labute approximate surface area is 157 Å². The molecule has 0 N–H and O–H groups in total. The van der Waals surface area contributed by atoms with Crippen molar-refractivity contribution < 1.29 is 26.3 Å². The minimum absolute atomic E-state index is 0.0773. The van der Waals surface area contributed by atoms with E-state index in [1.54, 1.807) is 13.0 Å². The lowest BCUT2D eigenvalue weighted by molar-refractivity contribution is -0.139. The molecule has 0 unspecified atom stereocenters. The zero-order valence-electron chi connectivity index (χ0n) is 14.5. The zero-order valence-corrected chi connectivity index (χ0v) is 15.3. The number of nitrogens with zero attached hydrogens (tertiary/aromatic N) is 5. The van der Waals surface area contributed by atoms with Crippen LogP contribution < -0.4 is 4.74 Å². The van der Waals surface area contributed by atoms with Gasteiger partial charge in [-0.25, -0.2) is 13.4 Å². The van der Waals surface area contributed by atoms with Crippen LogP contribution in [0.4, 0.5) is 13.2 Å². The van der Waals surface area contributed by atoms with Crippen molar-refractivity contribution in [2.75, 3.05) is 13.1 Å². The van der Waals surface area contributed by atoms with E-state index in [1.165, 1.54) is 16.9 Å². The summed E-state index contributed by atoms with van der Waals surface area (Å²) in [6.07, 6.45) is -3.99. The van der Waals surface area contributed by atoms with Gasteiger partial charge in [0.25, 0.3) is 5.78 Å². The Morgan fingerprint density at radius 3 is 2.64 bits per heavy atom. The maximum Gasteiger partial charge on any atom is 0.417 e. The minimum Gasteiger partial charge on any atom is -0.471 e. The highest BCUT2D eigenvalue weighted by Crippen LogP contribution is 2.36. The number of sulfonamides is 1. The Balaban J connectivity index is 1.53. The van der Waals surface area contributed by atoms with Crippen LogP contribution >= 0.6 is 0 Å². The van der Waals surface area contributed by atoms with Crippen LogP contribution in [-0.2, 0) is 16.2 Å². The molecule has 0 bridgehead atoms. The van der Waals surface area contributed by atoms with Crippen molar-refractivity contribution in [2.24, 2.45) is 0 Å². The van der Waals surface area contributed by atoms with Crippen LogP contribution in [0.2, 0.25) is 0 Å². The molecule has 0 radical (unpaired) electrons. The van der Waals surface area contributed by atoms with Crippen LogP contribution in [0.5, 0.6) is 5.88 Å². The monoisotopic (exact) mass is 413 g/mol. The highest BCUT2D eigenvalue weighted by atomic mass is 32.2. The van der Waals surface area contributed by atoms with Crippen LogP contribution in [0.15, 0.2) is 41.6 Å². The van der Waals surface area contributed by atoms with Crippen molar-refractivity contribution in [2.45, 2.75) is 24.1 Å². The summed E-state index contributed by atoms with van der Waals surface area (Å²) in [6, 6.07) is 5.74. The first-order valence-corrected chi connectivity index (χ1v) is 9.60. The Kier molecular flexibility index (Phi) is 4.27. The number of benzene rings is 1. The molecule has 1 saturated heterocycles. The summed E-state index contributed by atoms with van der Waals surface area (Å²) in [5, 5.41) is 3.99. The third kappa shape index (κ3) is 3.18. The first-order valence-electron chi connectivity index (χ1n) is 8.16. The molecule has 0 spiro atoms. The Morgan fingerprint density at radius 2 is 1.93 bits per heavy atom. The number of hydrogen-bond acceptors (Lipinski definition) is 6. The first-order chi connectivity index (χ1) is 13.2. The molecule has 1 aromatic carbocycles. The van der Waals surface area contributed by atoms with Crippen LogP contribution in [0.25, 0.3) is 5.78 Å². The molecule has 1 aliphatic heterocycles. The van der Waals surface area contributed by atoms with Crippen molar-refractivity contribution in [1.29, 1.82) is 0 Å². The van der Waals surface area contributed by atoms with Gasteiger partial charge in [-0.1, -0.05) is 12.1 Å². The predicted molar refractivity (Wildman–Crippen MR) is 90.1 cm³/mol. The molecular formula is C16H14F3N5O3S. The van der Waals surface area contributed by atoms with Crippen molar-refractivity contribution >= 4 is 15.8 Å². The van der Waals surface area contributed by atoms with Gasteiger partial charge in [0.05, 0.1) is 23.5 Å². The van der Waals surface area contributed by atoms with E-state index in [0.29, 0.717) is 17.4 Å². The van der Waals surface area contributed by atoms with E-state index in [-0.39, 0.29) is 13.1 Å². The largest absolute Gasteiger partial charge is 0.471 e.